The van der Waals surface area contributed by atoms with Crippen LogP contribution in [-0.4, -0.2) is 50.2 Å². The van der Waals surface area contributed by atoms with E-state index in [-0.39, 0.29) is 11.1 Å². The number of carbonyl (C=O) groups is 2. The van der Waals surface area contributed by atoms with Crippen LogP contribution in [-0.2, 0) is 0 Å². The summed E-state index contributed by atoms with van der Waals surface area (Å²) >= 11 is 0. The maximum atomic E-state index is 11.8. The summed E-state index contributed by atoms with van der Waals surface area (Å²) in [7, 11) is 0. The molecule has 1 saturated heterocycles. The van der Waals surface area contributed by atoms with Gasteiger partial charge in [0.1, 0.15) is 5.69 Å². The van der Waals surface area contributed by atoms with Crippen molar-refractivity contribution in [1.29, 1.82) is 0 Å². The lowest BCUT2D eigenvalue weighted by molar-refractivity contribution is 0.0686. The third kappa shape index (κ3) is 4.83. The monoisotopic (exact) mass is 468 g/mol. The Labute approximate surface area is 201 Å². The summed E-state index contributed by atoms with van der Waals surface area (Å²) in [5, 5.41) is 30.5. The van der Waals surface area contributed by atoms with Crippen LogP contribution in [0.3, 0.4) is 0 Å². The van der Waals surface area contributed by atoms with Crippen molar-refractivity contribution in [2.45, 2.75) is 18.8 Å². The number of aromatic nitrogens is 3. The normalized spacial score (nSPS) is 14.1. The number of hydrogen-bond acceptors (Lipinski definition) is 5. The van der Waals surface area contributed by atoms with Crippen molar-refractivity contribution in [2.75, 3.05) is 13.1 Å². The zero-order chi connectivity index (χ0) is 24.4. The number of hydrogen-bond donors (Lipinski definition) is 3. The standard InChI is InChI=1S/C27H24N4O4/c32-26(33)21-7-5-20(6-8-21)25-16-31(30-29-25)24-14-22(13-23(15-24)27(34)35)18-3-1-17(2-4-18)19-9-11-28-12-10-19/h1-8,13-16,19,28H,9-12H2,(H,32,33)(H,34,35). The number of carboxylic acids is 2. The molecule has 0 radical (unpaired) electrons. The van der Waals surface area contributed by atoms with E-state index in [0.29, 0.717) is 22.9 Å². The summed E-state index contributed by atoms with van der Waals surface area (Å²) in [6, 6.07) is 19.8. The molecule has 8 nitrogen and oxygen atoms in total. The van der Waals surface area contributed by atoms with Gasteiger partial charge in [0.25, 0.3) is 0 Å². The Morgan fingerprint density at radius 2 is 1.46 bits per heavy atom. The van der Waals surface area contributed by atoms with Crippen molar-refractivity contribution in [3.63, 3.8) is 0 Å². The second kappa shape index (κ2) is 9.52. The average Bonchev–Trinajstić information content (AvgIpc) is 3.40. The molecule has 176 valence electrons. The minimum Gasteiger partial charge on any atom is -0.478 e. The Morgan fingerprint density at radius 1 is 0.800 bits per heavy atom. The Hall–Kier alpha value is -4.30. The lowest BCUT2D eigenvalue weighted by Crippen LogP contribution is -2.26. The first-order chi connectivity index (χ1) is 17.0. The number of benzene rings is 3. The zero-order valence-electron chi connectivity index (χ0n) is 18.9. The number of carboxylic acid groups (broad SMARTS) is 2. The first-order valence-corrected chi connectivity index (χ1v) is 11.4. The lowest BCUT2D eigenvalue weighted by atomic mass is 9.89. The van der Waals surface area contributed by atoms with Gasteiger partial charge in [-0.1, -0.05) is 41.6 Å². The number of rotatable bonds is 6. The molecule has 1 aliphatic rings. The van der Waals surface area contributed by atoms with Crippen LogP contribution in [0.2, 0.25) is 0 Å². The summed E-state index contributed by atoms with van der Waals surface area (Å²) in [4.78, 5) is 22.9. The molecule has 2 heterocycles. The van der Waals surface area contributed by atoms with Crippen LogP contribution in [0.4, 0.5) is 0 Å². The van der Waals surface area contributed by atoms with E-state index >= 15 is 0 Å². The molecule has 0 atom stereocenters. The van der Waals surface area contributed by atoms with E-state index in [1.807, 2.05) is 18.2 Å². The van der Waals surface area contributed by atoms with E-state index in [4.69, 9.17) is 5.11 Å². The lowest BCUT2D eigenvalue weighted by Gasteiger charge is -2.23. The van der Waals surface area contributed by atoms with E-state index in [9.17, 15) is 14.7 Å². The predicted molar refractivity (Wildman–Crippen MR) is 131 cm³/mol. The first-order valence-electron chi connectivity index (χ1n) is 11.4. The topological polar surface area (TPSA) is 117 Å². The van der Waals surface area contributed by atoms with Gasteiger partial charge in [-0.2, -0.15) is 0 Å². The van der Waals surface area contributed by atoms with Gasteiger partial charge >= 0.3 is 11.9 Å². The van der Waals surface area contributed by atoms with Gasteiger partial charge in [-0.25, -0.2) is 14.3 Å². The van der Waals surface area contributed by atoms with Crippen LogP contribution >= 0.6 is 0 Å². The van der Waals surface area contributed by atoms with Gasteiger partial charge in [-0.15, -0.1) is 5.10 Å². The molecule has 3 aromatic carbocycles. The number of piperidine rings is 1. The molecule has 0 bridgehead atoms. The molecule has 1 aromatic heterocycles. The molecule has 0 amide bonds. The van der Waals surface area contributed by atoms with Crippen molar-refractivity contribution in [3.05, 3.63) is 89.6 Å². The molecule has 1 aliphatic heterocycles. The highest BCUT2D eigenvalue weighted by atomic mass is 16.4. The molecule has 8 heteroatoms. The quantitative estimate of drug-likeness (QED) is 0.382. The molecule has 0 spiro atoms. The van der Waals surface area contributed by atoms with E-state index in [1.54, 1.807) is 30.5 Å². The molecule has 0 aliphatic carbocycles. The van der Waals surface area contributed by atoms with Crippen LogP contribution < -0.4 is 5.32 Å². The van der Waals surface area contributed by atoms with Gasteiger partial charge < -0.3 is 15.5 Å². The molecule has 0 unspecified atom stereocenters. The SMILES string of the molecule is O=C(O)c1ccc(-c2cn(-c3cc(C(=O)O)cc(-c4ccc(C5CCNCC5)cc4)c3)nn2)cc1. The van der Waals surface area contributed by atoms with E-state index in [2.05, 4.69) is 27.8 Å². The Kier molecular flexibility index (Phi) is 6.12. The maximum absolute atomic E-state index is 11.8. The van der Waals surface area contributed by atoms with Crippen LogP contribution in [0, 0.1) is 0 Å². The van der Waals surface area contributed by atoms with Gasteiger partial charge in [-0.05, 0) is 78.9 Å². The van der Waals surface area contributed by atoms with Gasteiger partial charge in [0.2, 0.25) is 0 Å². The second-order valence-electron chi connectivity index (χ2n) is 8.65. The van der Waals surface area contributed by atoms with Crippen molar-refractivity contribution >= 4 is 11.9 Å². The Bertz CT molecular complexity index is 1370. The zero-order valence-corrected chi connectivity index (χ0v) is 18.9. The highest BCUT2D eigenvalue weighted by molar-refractivity contribution is 5.90. The van der Waals surface area contributed by atoms with E-state index < -0.39 is 11.9 Å². The van der Waals surface area contributed by atoms with E-state index in [0.717, 1.165) is 37.1 Å². The van der Waals surface area contributed by atoms with Gasteiger partial charge in [0.05, 0.1) is 23.0 Å². The molecule has 3 N–H and O–H groups in total. The van der Waals surface area contributed by atoms with Crippen LogP contribution in [0.15, 0.2) is 72.9 Å². The number of aromatic carboxylic acids is 2. The summed E-state index contributed by atoms with van der Waals surface area (Å²) in [6.45, 7) is 2.06. The number of nitrogens with one attached hydrogen (secondary N) is 1. The summed E-state index contributed by atoms with van der Waals surface area (Å²) in [6.07, 6.45) is 3.93. The van der Waals surface area contributed by atoms with E-state index in [1.165, 1.54) is 22.4 Å². The largest absolute Gasteiger partial charge is 0.478 e. The van der Waals surface area contributed by atoms with Crippen molar-refractivity contribution in [2.24, 2.45) is 0 Å². The number of nitrogens with zero attached hydrogens (tertiary/aromatic N) is 3. The second-order valence-corrected chi connectivity index (χ2v) is 8.65. The Morgan fingerprint density at radius 3 is 2.11 bits per heavy atom. The first kappa shape index (κ1) is 22.5. The summed E-state index contributed by atoms with van der Waals surface area (Å²) < 4.78 is 1.53. The van der Waals surface area contributed by atoms with Crippen LogP contribution in [0.5, 0.6) is 0 Å². The van der Waals surface area contributed by atoms with Crippen molar-refractivity contribution < 1.29 is 19.8 Å². The fraction of sp³-hybridized carbons (Fsp3) is 0.185. The molecule has 0 saturated carbocycles. The van der Waals surface area contributed by atoms with Gasteiger partial charge in [-0.3, -0.25) is 0 Å². The molecule has 1 fully saturated rings. The minimum atomic E-state index is -1.02. The highest BCUT2D eigenvalue weighted by Gasteiger charge is 2.16. The summed E-state index contributed by atoms with van der Waals surface area (Å²) in [5.41, 5.74) is 5.19. The highest BCUT2D eigenvalue weighted by Crippen LogP contribution is 2.30. The van der Waals surface area contributed by atoms with Gasteiger partial charge in [0, 0.05) is 5.56 Å². The third-order valence-corrected chi connectivity index (χ3v) is 6.40. The average molecular weight is 469 g/mol. The molecule has 4 aromatic rings. The fourth-order valence-corrected chi connectivity index (χ4v) is 4.44. The molecule has 35 heavy (non-hydrogen) atoms. The minimum absolute atomic E-state index is 0.155. The molecule has 5 rings (SSSR count). The smallest absolute Gasteiger partial charge is 0.335 e. The van der Waals surface area contributed by atoms with Crippen LogP contribution in [0.1, 0.15) is 45.0 Å². The van der Waals surface area contributed by atoms with Crippen LogP contribution in [0.25, 0.3) is 28.1 Å². The summed E-state index contributed by atoms with van der Waals surface area (Å²) in [5.74, 6) is -1.48. The van der Waals surface area contributed by atoms with Crippen molar-refractivity contribution in [3.8, 4) is 28.1 Å². The van der Waals surface area contributed by atoms with Crippen molar-refractivity contribution in [1.82, 2.24) is 20.3 Å². The van der Waals surface area contributed by atoms with Gasteiger partial charge in [0.15, 0.2) is 0 Å². The predicted octanol–water partition coefficient (Wildman–Crippen LogP) is 4.46. The molecular formula is C27H24N4O4. The maximum Gasteiger partial charge on any atom is 0.335 e. The fourth-order valence-electron chi connectivity index (χ4n) is 4.44. The molecular weight excluding hydrogens is 444 g/mol. The Balaban J connectivity index is 1.46. The third-order valence-electron chi connectivity index (χ3n) is 6.40.